The molecular formula is C12H13NO3S. The molecule has 5 heteroatoms. The maximum atomic E-state index is 11.4. The molecule has 0 spiro atoms. The van der Waals surface area contributed by atoms with Crippen LogP contribution in [-0.4, -0.2) is 20.1 Å². The highest BCUT2D eigenvalue weighted by atomic mass is 32.2. The van der Waals surface area contributed by atoms with Gasteiger partial charge in [0.05, 0.1) is 11.1 Å². The third-order valence-electron chi connectivity index (χ3n) is 2.41. The molecule has 0 unspecified atom stereocenters. The lowest BCUT2D eigenvalue weighted by atomic mass is 10.2. The summed E-state index contributed by atoms with van der Waals surface area (Å²) >= 11 is 0. The molecule has 0 atom stereocenters. The fraction of sp³-hybridized carbons (Fsp3) is 0.250. The van der Waals surface area contributed by atoms with Crippen molar-refractivity contribution < 1.29 is 13.2 Å². The second kappa shape index (κ2) is 4.33. The zero-order chi connectivity index (χ0) is 12.5. The highest BCUT2D eigenvalue weighted by Gasteiger charge is 2.20. The molecule has 1 heterocycles. The lowest BCUT2D eigenvalue weighted by Gasteiger charge is -2.04. The van der Waals surface area contributed by atoms with Crippen molar-refractivity contribution in [2.45, 2.75) is 13.8 Å². The van der Waals surface area contributed by atoms with Gasteiger partial charge in [0.25, 0.3) is 0 Å². The van der Waals surface area contributed by atoms with Gasteiger partial charge in [-0.25, -0.2) is 13.4 Å². The van der Waals surface area contributed by atoms with Gasteiger partial charge in [0.2, 0.25) is 9.84 Å². The summed E-state index contributed by atoms with van der Waals surface area (Å²) in [6.45, 7) is 3.63. The first-order chi connectivity index (χ1) is 7.97. The standard InChI is InChI=1S/C12H13NO3S/c1-9-3-5-12(6-4-9)16-7-11-8-17(14,15)10(2)13-11/h3-6,8H,7H2,1-2H3. The van der Waals surface area contributed by atoms with Crippen molar-refractivity contribution in [3.05, 3.63) is 40.9 Å². The molecular weight excluding hydrogens is 238 g/mol. The van der Waals surface area contributed by atoms with Crippen molar-refractivity contribution in [3.63, 3.8) is 0 Å². The van der Waals surface area contributed by atoms with Crippen LogP contribution in [0.5, 0.6) is 5.75 Å². The summed E-state index contributed by atoms with van der Waals surface area (Å²) in [7, 11) is -3.28. The number of aryl methyl sites for hydroxylation is 1. The second-order valence-electron chi connectivity index (χ2n) is 3.89. The Morgan fingerprint density at radius 2 is 1.82 bits per heavy atom. The summed E-state index contributed by atoms with van der Waals surface area (Å²) in [6, 6.07) is 7.55. The summed E-state index contributed by atoms with van der Waals surface area (Å²) < 4.78 is 28.2. The van der Waals surface area contributed by atoms with E-state index in [0.717, 1.165) is 11.0 Å². The van der Waals surface area contributed by atoms with Crippen LogP contribution in [0, 0.1) is 6.92 Å². The zero-order valence-corrected chi connectivity index (χ0v) is 10.5. The predicted molar refractivity (Wildman–Crippen MR) is 66.8 cm³/mol. The Bertz CT molecular complexity index is 583. The molecule has 0 amide bonds. The predicted octanol–water partition coefficient (Wildman–Crippen LogP) is 2.06. The number of sulfone groups is 1. The van der Waals surface area contributed by atoms with Crippen LogP contribution in [0.4, 0.5) is 0 Å². The number of hydrogen-bond donors (Lipinski definition) is 0. The van der Waals surface area contributed by atoms with Crippen LogP contribution in [0.3, 0.4) is 0 Å². The maximum Gasteiger partial charge on any atom is 0.214 e. The van der Waals surface area contributed by atoms with Gasteiger partial charge in [-0.3, -0.25) is 0 Å². The molecule has 1 aromatic carbocycles. The van der Waals surface area contributed by atoms with Gasteiger partial charge in [0, 0.05) is 0 Å². The SMILES string of the molecule is CC1=NC(COc2ccc(C)cc2)=CS1(=O)=O. The lowest BCUT2D eigenvalue weighted by molar-refractivity contribution is 0.351. The van der Waals surface area contributed by atoms with E-state index >= 15 is 0 Å². The first kappa shape index (κ1) is 11.9. The molecule has 90 valence electrons. The molecule has 0 saturated heterocycles. The van der Waals surface area contributed by atoms with Gasteiger partial charge in [-0.15, -0.1) is 0 Å². The topological polar surface area (TPSA) is 55.7 Å². The first-order valence-electron chi connectivity index (χ1n) is 5.18. The van der Waals surface area contributed by atoms with E-state index in [1.165, 1.54) is 6.92 Å². The summed E-state index contributed by atoms with van der Waals surface area (Å²) in [6.07, 6.45) is 0. The summed E-state index contributed by atoms with van der Waals surface area (Å²) in [5.74, 6) is 0.702. The lowest BCUT2D eigenvalue weighted by Crippen LogP contribution is -2.01. The molecule has 2 rings (SSSR count). The Morgan fingerprint density at radius 3 is 2.35 bits per heavy atom. The molecule has 0 aromatic heterocycles. The van der Waals surface area contributed by atoms with E-state index in [4.69, 9.17) is 4.74 Å². The average Bonchev–Trinajstić information content (AvgIpc) is 2.52. The molecule has 0 radical (unpaired) electrons. The van der Waals surface area contributed by atoms with Gasteiger partial charge in [-0.2, -0.15) is 0 Å². The molecule has 0 saturated carbocycles. The van der Waals surface area contributed by atoms with E-state index in [2.05, 4.69) is 4.99 Å². The molecule has 1 aromatic rings. The molecule has 0 N–H and O–H groups in total. The Hall–Kier alpha value is -1.62. The van der Waals surface area contributed by atoms with E-state index < -0.39 is 9.84 Å². The molecule has 1 aliphatic rings. The van der Waals surface area contributed by atoms with Gasteiger partial charge in [-0.05, 0) is 26.0 Å². The molecule has 1 aliphatic heterocycles. The van der Waals surface area contributed by atoms with Crippen LogP contribution < -0.4 is 4.74 Å². The first-order valence-corrected chi connectivity index (χ1v) is 6.72. The smallest absolute Gasteiger partial charge is 0.214 e. The van der Waals surface area contributed by atoms with Gasteiger partial charge in [-0.1, -0.05) is 17.7 Å². The van der Waals surface area contributed by atoms with Crippen molar-refractivity contribution >= 4 is 14.9 Å². The highest BCUT2D eigenvalue weighted by molar-refractivity contribution is 8.09. The zero-order valence-electron chi connectivity index (χ0n) is 9.67. The van der Waals surface area contributed by atoms with E-state index in [-0.39, 0.29) is 11.7 Å². The second-order valence-corrected chi connectivity index (χ2v) is 5.80. The third-order valence-corrected chi connectivity index (χ3v) is 3.91. The van der Waals surface area contributed by atoms with Crippen LogP contribution in [0.1, 0.15) is 12.5 Å². The Balaban J connectivity index is 2.03. The number of benzene rings is 1. The van der Waals surface area contributed by atoms with E-state index in [9.17, 15) is 8.42 Å². The van der Waals surface area contributed by atoms with Gasteiger partial charge in [0.15, 0.2) is 0 Å². The number of nitrogens with zero attached hydrogens (tertiary/aromatic N) is 1. The molecule has 0 fully saturated rings. The summed E-state index contributed by atoms with van der Waals surface area (Å²) in [5.41, 5.74) is 1.58. The summed E-state index contributed by atoms with van der Waals surface area (Å²) in [5, 5.41) is 1.27. The molecule has 4 nitrogen and oxygen atoms in total. The van der Waals surface area contributed by atoms with Crippen molar-refractivity contribution in [2.75, 3.05) is 6.61 Å². The molecule has 0 bridgehead atoms. The third kappa shape index (κ3) is 2.74. The Labute approximate surface area is 101 Å². The van der Waals surface area contributed by atoms with Crippen molar-refractivity contribution in [1.29, 1.82) is 0 Å². The van der Waals surface area contributed by atoms with E-state index in [1.807, 2.05) is 31.2 Å². The van der Waals surface area contributed by atoms with Crippen LogP contribution in [0.15, 0.2) is 40.4 Å². The maximum absolute atomic E-state index is 11.4. The number of rotatable bonds is 3. The largest absolute Gasteiger partial charge is 0.487 e. The minimum Gasteiger partial charge on any atom is -0.487 e. The number of hydrogen-bond acceptors (Lipinski definition) is 4. The fourth-order valence-electron chi connectivity index (χ4n) is 1.41. The quantitative estimate of drug-likeness (QED) is 0.826. The molecule has 0 aliphatic carbocycles. The van der Waals surface area contributed by atoms with Crippen molar-refractivity contribution in [1.82, 2.24) is 0 Å². The number of ether oxygens (including phenoxy) is 1. The van der Waals surface area contributed by atoms with Crippen LogP contribution in [0.25, 0.3) is 0 Å². The van der Waals surface area contributed by atoms with E-state index in [1.54, 1.807) is 0 Å². The normalized spacial score (nSPS) is 17.5. The minimum atomic E-state index is -3.28. The van der Waals surface area contributed by atoms with Crippen LogP contribution in [-0.2, 0) is 9.84 Å². The van der Waals surface area contributed by atoms with E-state index in [0.29, 0.717) is 11.4 Å². The monoisotopic (exact) mass is 251 g/mol. The number of aliphatic imine (C=N–C) groups is 1. The van der Waals surface area contributed by atoms with Crippen LogP contribution >= 0.6 is 0 Å². The van der Waals surface area contributed by atoms with Gasteiger partial charge >= 0.3 is 0 Å². The summed E-state index contributed by atoms with van der Waals surface area (Å²) in [4.78, 5) is 3.94. The van der Waals surface area contributed by atoms with Crippen molar-refractivity contribution in [2.24, 2.45) is 4.99 Å². The van der Waals surface area contributed by atoms with Gasteiger partial charge in [0.1, 0.15) is 17.4 Å². The highest BCUT2D eigenvalue weighted by Crippen LogP contribution is 2.17. The average molecular weight is 251 g/mol. The minimum absolute atomic E-state index is 0.125. The van der Waals surface area contributed by atoms with Crippen molar-refractivity contribution in [3.8, 4) is 5.75 Å². The fourth-order valence-corrected chi connectivity index (χ4v) is 2.31. The Kier molecular flexibility index (Phi) is 3.02. The molecule has 17 heavy (non-hydrogen) atoms. The van der Waals surface area contributed by atoms with Crippen LogP contribution in [0.2, 0.25) is 0 Å². The van der Waals surface area contributed by atoms with Gasteiger partial charge < -0.3 is 4.74 Å². The Morgan fingerprint density at radius 1 is 1.18 bits per heavy atom.